The molecule has 6 aliphatic rings. The molecule has 4 atom stereocenters. The summed E-state index contributed by atoms with van der Waals surface area (Å²) in [7, 11) is 0. The summed E-state index contributed by atoms with van der Waals surface area (Å²) in [5.41, 5.74) is 5.74. The van der Waals surface area contributed by atoms with E-state index in [1.54, 1.807) is 0 Å². The van der Waals surface area contributed by atoms with Gasteiger partial charge in [-0.05, 0) is 88.4 Å². The Morgan fingerprint density at radius 1 is 0.853 bits per heavy atom. The standard InChI is InChI=1S/C29H47NO4/c1-4-27(10-6-7-11-27)33-21-26-15-23-14-25(17-26,20-32-24(31)22(3)30)18-29(16-23,19-26)34-28(5-2)12-8-9-13-28/h23H,3-21,30H2,1-2H3. The van der Waals surface area contributed by atoms with Gasteiger partial charge < -0.3 is 19.9 Å². The predicted octanol–water partition coefficient (Wildman–Crippen LogP) is 6.19. The summed E-state index contributed by atoms with van der Waals surface area (Å²) < 4.78 is 20.0. The quantitative estimate of drug-likeness (QED) is 0.303. The fourth-order valence-electron chi connectivity index (χ4n) is 9.43. The van der Waals surface area contributed by atoms with Gasteiger partial charge in [0.25, 0.3) is 0 Å². The lowest BCUT2D eigenvalue weighted by Gasteiger charge is -2.67. The molecule has 0 aromatic heterocycles. The van der Waals surface area contributed by atoms with Crippen molar-refractivity contribution in [2.24, 2.45) is 22.5 Å². The number of hydrogen-bond donors (Lipinski definition) is 1. The summed E-state index contributed by atoms with van der Waals surface area (Å²) >= 11 is 0. The average molecular weight is 474 g/mol. The van der Waals surface area contributed by atoms with Crippen LogP contribution in [0.2, 0.25) is 0 Å². The Bertz CT molecular complexity index is 798. The summed E-state index contributed by atoms with van der Waals surface area (Å²) in [6.45, 7) is 9.45. The Labute approximate surface area is 206 Å². The molecule has 4 bridgehead atoms. The second-order valence-electron chi connectivity index (χ2n) is 13.2. The smallest absolute Gasteiger partial charge is 0.353 e. The van der Waals surface area contributed by atoms with E-state index in [9.17, 15) is 4.79 Å². The van der Waals surface area contributed by atoms with Crippen LogP contribution in [0.4, 0.5) is 0 Å². The van der Waals surface area contributed by atoms with Crippen LogP contribution in [-0.2, 0) is 19.0 Å². The fraction of sp³-hybridized carbons (Fsp3) is 0.897. The van der Waals surface area contributed by atoms with E-state index in [0.717, 1.165) is 51.6 Å². The van der Waals surface area contributed by atoms with Crippen LogP contribution in [0.1, 0.15) is 117 Å². The molecule has 6 saturated carbocycles. The molecule has 0 aromatic rings. The molecule has 0 spiro atoms. The third-order valence-corrected chi connectivity index (χ3v) is 10.5. The highest BCUT2D eigenvalue weighted by Crippen LogP contribution is 2.69. The lowest BCUT2D eigenvalue weighted by molar-refractivity contribution is -0.281. The molecule has 0 amide bonds. The summed E-state index contributed by atoms with van der Waals surface area (Å²) in [6, 6.07) is 0. The van der Waals surface area contributed by atoms with Crippen molar-refractivity contribution in [1.82, 2.24) is 0 Å². The van der Waals surface area contributed by atoms with Crippen molar-refractivity contribution in [1.29, 1.82) is 0 Å². The van der Waals surface area contributed by atoms with Crippen molar-refractivity contribution in [3.8, 4) is 0 Å². The minimum atomic E-state index is -0.465. The highest BCUT2D eigenvalue weighted by Gasteiger charge is 2.66. The van der Waals surface area contributed by atoms with E-state index in [2.05, 4.69) is 20.4 Å². The molecule has 6 aliphatic carbocycles. The second kappa shape index (κ2) is 8.80. The SMILES string of the molecule is C=C(N)C(=O)OCC12CC3CC(COC4(CC)CCCC4)(C1)CC(OC1(CC)CCCC1)(C3)C2. The van der Waals surface area contributed by atoms with Crippen LogP contribution in [0.3, 0.4) is 0 Å². The van der Waals surface area contributed by atoms with Gasteiger partial charge in [-0.2, -0.15) is 0 Å². The first-order chi connectivity index (χ1) is 16.2. The lowest BCUT2D eigenvalue weighted by Crippen LogP contribution is -2.65. The minimum absolute atomic E-state index is 0.00393. The van der Waals surface area contributed by atoms with Gasteiger partial charge in [-0.3, -0.25) is 0 Å². The fourth-order valence-corrected chi connectivity index (χ4v) is 9.43. The highest BCUT2D eigenvalue weighted by molar-refractivity contribution is 5.86. The zero-order valence-electron chi connectivity index (χ0n) is 21.7. The maximum absolute atomic E-state index is 12.2. The van der Waals surface area contributed by atoms with Gasteiger partial charge in [0.1, 0.15) is 5.70 Å². The van der Waals surface area contributed by atoms with Crippen LogP contribution in [0.5, 0.6) is 0 Å². The third-order valence-electron chi connectivity index (χ3n) is 10.5. The average Bonchev–Trinajstić information content (AvgIpc) is 3.45. The summed E-state index contributed by atoms with van der Waals surface area (Å²) in [5.74, 6) is 0.156. The van der Waals surface area contributed by atoms with E-state index >= 15 is 0 Å². The normalized spacial score (nSPS) is 39.4. The van der Waals surface area contributed by atoms with E-state index in [4.69, 9.17) is 19.9 Å². The Kier molecular flexibility index (Phi) is 6.37. The molecule has 0 aliphatic heterocycles. The Balaban J connectivity index is 1.41. The van der Waals surface area contributed by atoms with Crippen LogP contribution < -0.4 is 5.73 Å². The summed E-state index contributed by atoms with van der Waals surface area (Å²) in [5, 5.41) is 0. The molecule has 6 fully saturated rings. The molecule has 5 nitrogen and oxygen atoms in total. The van der Waals surface area contributed by atoms with Gasteiger partial charge >= 0.3 is 5.97 Å². The van der Waals surface area contributed by atoms with E-state index in [0.29, 0.717) is 12.5 Å². The Morgan fingerprint density at radius 3 is 1.97 bits per heavy atom. The Hall–Kier alpha value is -1.07. The van der Waals surface area contributed by atoms with Crippen LogP contribution >= 0.6 is 0 Å². The number of rotatable bonds is 10. The van der Waals surface area contributed by atoms with E-state index in [1.807, 2.05) is 0 Å². The van der Waals surface area contributed by atoms with Crippen LogP contribution in [0, 0.1) is 16.7 Å². The molecule has 2 N–H and O–H groups in total. The van der Waals surface area contributed by atoms with Crippen molar-refractivity contribution in [3.05, 3.63) is 12.3 Å². The van der Waals surface area contributed by atoms with Crippen LogP contribution in [-0.4, -0.2) is 36.0 Å². The monoisotopic (exact) mass is 473 g/mol. The van der Waals surface area contributed by atoms with E-state index in [-0.39, 0.29) is 33.3 Å². The van der Waals surface area contributed by atoms with Crippen molar-refractivity contribution in [2.45, 2.75) is 133 Å². The molecule has 0 heterocycles. The van der Waals surface area contributed by atoms with Gasteiger partial charge in [-0.1, -0.05) is 46.1 Å². The largest absolute Gasteiger partial charge is 0.460 e. The lowest BCUT2D eigenvalue weighted by atomic mass is 9.43. The molecule has 192 valence electrons. The number of carbonyl (C=O) groups excluding carboxylic acids is 1. The van der Waals surface area contributed by atoms with Crippen LogP contribution in [0.25, 0.3) is 0 Å². The molecule has 5 heteroatoms. The first kappa shape index (κ1) is 24.6. The van der Waals surface area contributed by atoms with Gasteiger partial charge in [0.05, 0.1) is 30.0 Å². The number of carbonyl (C=O) groups is 1. The van der Waals surface area contributed by atoms with Gasteiger partial charge in [0.2, 0.25) is 0 Å². The molecule has 6 rings (SSSR count). The summed E-state index contributed by atoms with van der Waals surface area (Å²) in [4.78, 5) is 12.2. The van der Waals surface area contributed by atoms with Crippen LogP contribution in [0.15, 0.2) is 12.3 Å². The highest BCUT2D eigenvalue weighted by atomic mass is 16.5. The molecule has 4 unspecified atom stereocenters. The van der Waals surface area contributed by atoms with E-state index in [1.165, 1.54) is 57.8 Å². The first-order valence-electron chi connectivity index (χ1n) is 14.1. The zero-order valence-corrected chi connectivity index (χ0v) is 21.7. The van der Waals surface area contributed by atoms with Crippen molar-refractivity contribution < 1.29 is 19.0 Å². The van der Waals surface area contributed by atoms with Crippen molar-refractivity contribution >= 4 is 5.97 Å². The number of ether oxygens (including phenoxy) is 3. The Morgan fingerprint density at radius 2 is 1.41 bits per heavy atom. The number of hydrogen-bond acceptors (Lipinski definition) is 5. The van der Waals surface area contributed by atoms with Gasteiger partial charge in [-0.15, -0.1) is 0 Å². The molecule has 34 heavy (non-hydrogen) atoms. The third kappa shape index (κ3) is 4.45. The van der Waals surface area contributed by atoms with Crippen molar-refractivity contribution in [3.63, 3.8) is 0 Å². The van der Waals surface area contributed by atoms with Crippen molar-refractivity contribution in [2.75, 3.05) is 13.2 Å². The number of nitrogens with two attached hydrogens (primary N) is 1. The van der Waals surface area contributed by atoms with Gasteiger partial charge in [-0.25, -0.2) is 4.79 Å². The predicted molar refractivity (Wildman–Crippen MR) is 133 cm³/mol. The van der Waals surface area contributed by atoms with E-state index < -0.39 is 5.97 Å². The topological polar surface area (TPSA) is 70.8 Å². The van der Waals surface area contributed by atoms with Gasteiger partial charge in [0.15, 0.2) is 0 Å². The molecular weight excluding hydrogens is 426 g/mol. The maximum atomic E-state index is 12.2. The molecule has 0 radical (unpaired) electrons. The minimum Gasteiger partial charge on any atom is -0.460 e. The summed E-state index contributed by atoms with van der Waals surface area (Å²) in [6.07, 6.45) is 18.8. The van der Waals surface area contributed by atoms with Gasteiger partial charge in [0, 0.05) is 5.41 Å². The molecule has 0 aromatic carbocycles. The second-order valence-corrected chi connectivity index (χ2v) is 13.2. The first-order valence-corrected chi connectivity index (χ1v) is 14.1. The zero-order chi connectivity index (χ0) is 24.1. The number of esters is 1. The molecule has 0 saturated heterocycles. The maximum Gasteiger partial charge on any atom is 0.353 e. The molecular formula is C29H47NO4.